The number of hydrogen-bond acceptors (Lipinski definition) is 7. The van der Waals surface area contributed by atoms with E-state index in [4.69, 9.17) is 18.9 Å². The van der Waals surface area contributed by atoms with E-state index in [2.05, 4.69) is 20.8 Å². The van der Waals surface area contributed by atoms with Crippen molar-refractivity contribution in [2.75, 3.05) is 13.7 Å². The molecule has 0 aromatic heterocycles. The highest BCUT2D eigenvalue weighted by Gasteiger charge is 2.77. The monoisotopic (exact) mass is 522 g/mol. The molecule has 1 spiro atoms. The van der Waals surface area contributed by atoms with Crippen molar-refractivity contribution in [1.82, 2.24) is 0 Å². The number of fused-ring (bicyclic) bond motifs is 5. The average molecular weight is 523 g/mol. The SMILES string of the molecule is COc1ccccc1C(=O)O[C@H]1C(C)=C[C@]23C(=O)[C@@H](C=C4COC(C)(C)O[C@H]4[C@]12O)[C@H]1[C@@H](C[C@H]3C)C1(C)C. The zero-order valence-corrected chi connectivity index (χ0v) is 23.2. The molecule has 204 valence electrons. The van der Waals surface area contributed by atoms with E-state index in [1.807, 2.05) is 19.1 Å². The number of para-hydroxylation sites is 1. The summed E-state index contributed by atoms with van der Waals surface area (Å²) in [6.07, 6.45) is 2.73. The van der Waals surface area contributed by atoms with Crippen LogP contribution >= 0.6 is 0 Å². The Labute approximate surface area is 224 Å². The average Bonchev–Trinajstić information content (AvgIpc) is 3.36. The summed E-state index contributed by atoms with van der Waals surface area (Å²) in [5.74, 6) is -1.25. The van der Waals surface area contributed by atoms with Crippen molar-refractivity contribution >= 4 is 11.8 Å². The van der Waals surface area contributed by atoms with Gasteiger partial charge in [0.25, 0.3) is 0 Å². The molecule has 6 rings (SSSR count). The third-order valence-corrected chi connectivity index (χ3v) is 10.2. The Morgan fingerprint density at radius 3 is 2.58 bits per heavy atom. The Hall–Kier alpha value is -2.48. The smallest absolute Gasteiger partial charge is 0.342 e. The predicted molar refractivity (Wildman–Crippen MR) is 139 cm³/mol. The van der Waals surface area contributed by atoms with Crippen LogP contribution in [0.15, 0.2) is 47.6 Å². The Morgan fingerprint density at radius 2 is 1.87 bits per heavy atom. The first-order chi connectivity index (χ1) is 17.8. The Balaban J connectivity index is 1.51. The van der Waals surface area contributed by atoms with Crippen LogP contribution in [0.1, 0.15) is 58.3 Å². The first kappa shape index (κ1) is 25.8. The van der Waals surface area contributed by atoms with Crippen LogP contribution in [-0.4, -0.2) is 54.2 Å². The Morgan fingerprint density at radius 1 is 1.16 bits per heavy atom. The van der Waals surface area contributed by atoms with Gasteiger partial charge in [0.1, 0.15) is 17.4 Å². The largest absolute Gasteiger partial charge is 0.496 e. The van der Waals surface area contributed by atoms with Crippen LogP contribution in [0.3, 0.4) is 0 Å². The molecule has 1 heterocycles. The molecule has 0 radical (unpaired) electrons. The molecular formula is C31H38O7. The van der Waals surface area contributed by atoms with Crippen molar-refractivity contribution < 1.29 is 33.6 Å². The highest BCUT2D eigenvalue weighted by atomic mass is 16.7. The second kappa shape index (κ2) is 8.03. The minimum Gasteiger partial charge on any atom is -0.496 e. The number of ketones is 1. The van der Waals surface area contributed by atoms with Gasteiger partial charge >= 0.3 is 5.97 Å². The number of hydrogen-bond donors (Lipinski definition) is 1. The number of carbonyl (C=O) groups excluding carboxylic acids is 2. The number of methoxy groups -OCH3 is 1. The van der Waals surface area contributed by atoms with Gasteiger partial charge in [0, 0.05) is 5.92 Å². The van der Waals surface area contributed by atoms with E-state index in [0.717, 1.165) is 12.0 Å². The lowest BCUT2D eigenvalue weighted by atomic mass is 9.59. The summed E-state index contributed by atoms with van der Waals surface area (Å²) in [5, 5.41) is 13.1. The maximum absolute atomic E-state index is 14.7. The number of carbonyl (C=O) groups is 2. The van der Waals surface area contributed by atoms with Gasteiger partial charge in [-0.2, -0.15) is 0 Å². The van der Waals surface area contributed by atoms with Gasteiger partial charge in [0.05, 0.1) is 19.1 Å². The lowest BCUT2D eigenvalue weighted by Gasteiger charge is -2.52. The maximum Gasteiger partial charge on any atom is 0.342 e. The van der Waals surface area contributed by atoms with Crippen molar-refractivity contribution in [3.8, 4) is 5.75 Å². The molecule has 8 atom stereocenters. The number of Topliss-reactive ketones (excluding diaryl/α,β-unsaturated/α-hetero) is 1. The summed E-state index contributed by atoms with van der Waals surface area (Å²) in [4.78, 5) is 28.3. The molecular weight excluding hydrogens is 484 g/mol. The van der Waals surface area contributed by atoms with Crippen LogP contribution in [0.4, 0.5) is 0 Å². The first-order valence-corrected chi connectivity index (χ1v) is 13.6. The van der Waals surface area contributed by atoms with Gasteiger partial charge in [-0.05, 0) is 73.6 Å². The van der Waals surface area contributed by atoms with Gasteiger partial charge in [0.15, 0.2) is 23.3 Å². The van der Waals surface area contributed by atoms with Crippen LogP contribution in [-0.2, 0) is 19.0 Å². The van der Waals surface area contributed by atoms with Crippen LogP contribution in [0, 0.1) is 34.5 Å². The molecule has 4 aliphatic carbocycles. The highest BCUT2D eigenvalue weighted by Crippen LogP contribution is 2.72. The maximum atomic E-state index is 14.7. The molecule has 1 aliphatic heterocycles. The summed E-state index contributed by atoms with van der Waals surface area (Å²) >= 11 is 0. The van der Waals surface area contributed by atoms with E-state index in [1.54, 1.807) is 38.1 Å². The topological polar surface area (TPSA) is 91.3 Å². The molecule has 5 aliphatic rings. The lowest BCUT2D eigenvalue weighted by Crippen LogP contribution is -2.68. The molecule has 1 saturated heterocycles. The van der Waals surface area contributed by atoms with Crippen LogP contribution in [0.5, 0.6) is 5.75 Å². The second-order valence-corrected chi connectivity index (χ2v) is 13.0. The van der Waals surface area contributed by atoms with E-state index in [9.17, 15) is 14.7 Å². The van der Waals surface area contributed by atoms with E-state index in [-0.39, 0.29) is 41.1 Å². The van der Waals surface area contributed by atoms with Crippen molar-refractivity contribution in [3.05, 3.63) is 53.1 Å². The molecule has 1 N–H and O–H groups in total. The van der Waals surface area contributed by atoms with E-state index in [0.29, 0.717) is 17.2 Å². The second-order valence-electron chi connectivity index (χ2n) is 13.0. The molecule has 0 unspecified atom stereocenters. The first-order valence-electron chi connectivity index (χ1n) is 13.6. The number of ether oxygens (including phenoxy) is 4. The van der Waals surface area contributed by atoms with Crippen molar-refractivity contribution in [2.24, 2.45) is 34.5 Å². The molecule has 38 heavy (non-hydrogen) atoms. The summed E-state index contributed by atoms with van der Waals surface area (Å²) in [7, 11) is 1.49. The van der Waals surface area contributed by atoms with Crippen LogP contribution < -0.4 is 4.74 Å². The minimum atomic E-state index is -1.84. The quantitative estimate of drug-likeness (QED) is 0.462. The fraction of sp³-hybridized carbons (Fsp3) is 0.613. The predicted octanol–water partition coefficient (Wildman–Crippen LogP) is 4.49. The molecule has 1 aromatic carbocycles. The fourth-order valence-electron chi connectivity index (χ4n) is 8.28. The fourth-order valence-corrected chi connectivity index (χ4v) is 8.28. The number of aliphatic hydroxyl groups is 1. The van der Waals surface area contributed by atoms with Gasteiger partial charge < -0.3 is 24.1 Å². The molecule has 2 saturated carbocycles. The van der Waals surface area contributed by atoms with E-state index >= 15 is 0 Å². The van der Waals surface area contributed by atoms with Crippen molar-refractivity contribution in [1.29, 1.82) is 0 Å². The van der Waals surface area contributed by atoms with Crippen molar-refractivity contribution in [3.63, 3.8) is 0 Å². The molecule has 7 heteroatoms. The molecule has 3 fully saturated rings. The standard InChI is InChI=1S/C31H38O7/c1-16-14-30-17(2)12-21-23(28(21,3)4)20(24(30)32)13-18-15-36-29(5,6)38-26(18)31(30,34)25(16)37-27(33)19-10-8-9-11-22(19)35-7/h8-11,13-14,17,20-21,23,25-26,34H,12,15H2,1-7H3/t17-,20+,21-,23+,25+,26-,30+,31-/m1/s1. The minimum absolute atomic E-state index is 0.0101. The molecule has 2 bridgehead atoms. The third kappa shape index (κ3) is 3.18. The summed E-state index contributed by atoms with van der Waals surface area (Å²) in [6, 6.07) is 6.83. The van der Waals surface area contributed by atoms with Gasteiger partial charge in [0.2, 0.25) is 0 Å². The zero-order chi connectivity index (χ0) is 27.4. The van der Waals surface area contributed by atoms with Crippen molar-refractivity contribution in [2.45, 2.75) is 71.6 Å². The van der Waals surface area contributed by atoms with Gasteiger partial charge in [-0.25, -0.2) is 4.79 Å². The highest BCUT2D eigenvalue weighted by molar-refractivity contribution is 5.96. The van der Waals surface area contributed by atoms with E-state index in [1.165, 1.54) is 7.11 Å². The molecule has 0 amide bonds. The third-order valence-electron chi connectivity index (χ3n) is 10.2. The number of rotatable bonds is 3. The van der Waals surface area contributed by atoms with Crippen LogP contribution in [0.25, 0.3) is 0 Å². The van der Waals surface area contributed by atoms with E-state index < -0.39 is 35.0 Å². The van der Waals surface area contributed by atoms with Gasteiger partial charge in [-0.3, -0.25) is 4.79 Å². The zero-order valence-electron chi connectivity index (χ0n) is 23.2. The van der Waals surface area contributed by atoms with Gasteiger partial charge in [-0.15, -0.1) is 0 Å². The number of allylic oxidation sites excluding steroid dienone is 1. The number of benzene rings is 1. The molecule has 1 aromatic rings. The Kier molecular flexibility index (Phi) is 5.44. The molecule has 7 nitrogen and oxygen atoms in total. The number of esters is 1. The normalized spacial score (nSPS) is 41.8. The summed E-state index contributed by atoms with van der Waals surface area (Å²) < 4.78 is 24.1. The van der Waals surface area contributed by atoms with Gasteiger partial charge in [-0.1, -0.05) is 45.1 Å². The van der Waals surface area contributed by atoms with Crippen LogP contribution in [0.2, 0.25) is 0 Å². The Bertz CT molecular complexity index is 1270. The lowest BCUT2D eigenvalue weighted by molar-refractivity contribution is -0.302. The summed E-state index contributed by atoms with van der Waals surface area (Å²) in [6.45, 7) is 12.2. The summed E-state index contributed by atoms with van der Waals surface area (Å²) in [5.41, 5.74) is -1.43.